The molecule has 2 N–H and O–H groups in total. The summed E-state index contributed by atoms with van der Waals surface area (Å²) in [6, 6.07) is 12.4. The van der Waals surface area contributed by atoms with E-state index in [1.807, 2.05) is 19.2 Å². The van der Waals surface area contributed by atoms with Crippen molar-refractivity contribution in [3.05, 3.63) is 69.8 Å². The number of rotatable bonds is 4. The quantitative estimate of drug-likeness (QED) is 0.891. The van der Waals surface area contributed by atoms with Crippen LogP contribution in [0.4, 0.5) is 0 Å². The van der Waals surface area contributed by atoms with Gasteiger partial charge in [0.1, 0.15) is 6.10 Å². The molecule has 0 aliphatic carbocycles. The minimum atomic E-state index is -0.557. The van der Waals surface area contributed by atoms with E-state index in [0.717, 1.165) is 23.2 Å². The van der Waals surface area contributed by atoms with Crippen LogP contribution in [0.25, 0.3) is 0 Å². The number of aliphatic hydroxyl groups is 1. The van der Waals surface area contributed by atoms with Crippen molar-refractivity contribution in [3.8, 4) is 0 Å². The van der Waals surface area contributed by atoms with Gasteiger partial charge < -0.3 is 10.4 Å². The molecule has 0 aliphatic heterocycles. The third-order valence-electron chi connectivity index (χ3n) is 3.85. The Hall–Kier alpha value is -1.64. The summed E-state index contributed by atoms with van der Waals surface area (Å²) < 4.78 is 0. The first-order valence-electron chi connectivity index (χ1n) is 7.02. The summed E-state index contributed by atoms with van der Waals surface area (Å²) in [5.74, 6) is 0. The van der Waals surface area contributed by atoms with Gasteiger partial charge in [-0.1, -0.05) is 36.4 Å². The maximum absolute atomic E-state index is 10.6. The maximum Gasteiger partial charge on any atom is 0.104 e. The van der Waals surface area contributed by atoms with Crippen molar-refractivity contribution < 1.29 is 5.11 Å². The van der Waals surface area contributed by atoms with Gasteiger partial charge in [-0.05, 0) is 61.2 Å². The molecule has 2 nitrogen and oxygen atoms in total. The molecule has 106 valence electrons. The van der Waals surface area contributed by atoms with E-state index >= 15 is 0 Å². The van der Waals surface area contributed by atoms with Crippen LogP contribution in [0.3, 0.4) is 0 Å². The molecule has 20 heavy (non-hydrogen) atoms. The molecule has 2 aromatic rings. The van der Waals surface area contributed by atoms with Crippen LogP contribution in [0.5, 0.6) is 0 Å². The lowest BCUT2D eigenvalue weighted by Gasteiger charge is -2.17. The van der Waals surface area contributed by atoms with E-state index in [4.69, 9.17) is 0 Å². The number of hydrogen-bond donors (Lipinski definition) is 2. The van der Waals surface area contributed by atoms with Crippen molar-refractivity contribution >= 4 is 0 Å². The summed E-state index contributed by atoms with van der Waals surface area (Å²) in [5.41, 5.74) is 6.78. The topological polar surface area (TPSA) is 32.3 Å². The first kappa shape index (κ1) is 14.8. The van der Waals surface area contributed by atoms with Gasteiger partial charge in [0, 0.05) is 6.54 Å². The summed E-state index contributed by atoms with van der Waals surface area (Å²) in [4.78, 5) is 0. The molecule has 2 aromatic carbocycles. The summed E-state index contributed by atoms with van der Waals surface area (Å²) in [7, 11) is 1.93. The van der Waals surface area contributed by atoms with E-state index in [1.165, 1.54) is 16.7 Å². The molecule has 0 saturated carbocycles. The molecule has 0 aliphatic rings. The Labute approximate surface area is 121 Å². The molecule has 0 spiro atoms. The highest BCUT2D eigenvalue weighted by atomic mass is 16.3. The van der Waals surface area contributed by atoms with Gasteiger partial charge in [0.25, 0.3) is 0 Å². The second kappa shape index (κ2) is 6.21. The molecule has 1 atom stereocenters. The average Bonchev–Trinajstić information content (AvgIpc) is 2.43. The first-order valence-corrected chi connectivity index (χ1v) is 7.02. The second-order valence-corrected chi connectivity index (χ2v) is 5.47. The van der Waals surface area contributed by atoms with Crippen LogP contribution in [0.15, 0.2) is 36.4 Å². The summed E-state index contributed by atoms with van der Waals surface area (Å²) >= 11 is 0. The SMILES string of the molecule is CNCc1ccc(C(O)c2cc(C)c(C)cc2C)cc1. The van der Waals surface area contributed by atoms with Gasteiger partial charge in [0.05, 0.1) is 0 Å². The second-order valence-electron chi connectivity index (χ2n) is 5.47. The molecular weight excluding hydrogens is 246 g/mol. The Morgan fingerprint density at radius 3 is 2.15 bits per heavy atom. The van der Waals surface area contributed by atoms with Gasteiger partial charge in [-0.15, -0.1) is 0 Å². The van der Waals surface area contributed by atoms with Crippen molar-refractivity contribution in [2.24, 2.45) is 0 Å². The lowest BCUT2D eigenvalue weighted by Crippen LogP contribution is -2.06. The zero-order valence-corrected chi connectivity index (χ0v) is 12.7. The number of benzene rings is 2. The van der Waals surface area contributed by atoms with E-state index < -0.39 is 6.10 Å². The maximum atomic E-state index is 10.6. The van der Waals surface area contributed by atoms with Crippen LogP contribution in [0.1, 0.15) is 39.5 Å². The standard InChI is InChI=1S/C18H23NO/c1-12-9-14(3)17(10-13(12)2)18(20)16-7-5-15(6-8-16)11-19-4/h5-10,18-20H,11H2,1-4H3. The Morgan fingerprint density at radius 2 is 1.55 bits per heavy atom. The van der Waals surface area contributed by atoms with Crippen molar-refractivity contribution in [3.63, 3.8) is 0 Å². The molecule has 0 fully saturated rings. The van der Waals surface area contributed by atoms with Gasteiger partial charge in [-0.3, -0.25) is 0 Å². The van der Waals surface area contributed by atoms with Crippen molar-refractivity contribution in [2.45, 2.75) is 33.4 Å². The van der Waals surface area contributed by atoms with Crippen LogP contribution in [0.2, 0.25) is 0 Å². The number of nitrogens with one attached hydrogen (secondary N) is 1. The Morgan fingerprint density at radius 1 is 0.950 bits per heavy atom. The fourth-order valence-corrected chi connectivity index (χ4v) is 2.48. The fourth-order valence-electron chi connectivity index (χ4n) is 2.48. The lowest BCUT2D eigenvalue weighted by atomic mass is 9.93. The van der Waals surface area contributed by atoms with Crippen LogP contribution in [-0.4, -0.2) is 12.2 Å². The van der Waals surface area contributed by atoms with Crippen molar-refractivity contribution in [2.75, 3.05) is 7.05 Å². The highest BCUT2D eigenvalue weighted by Gasteiger charge is 2.14. The molecular formula is C18H23NO. The minimum Gasteiger partial charge on any atom is -0.384 e. The highest BCUT2D eigenvalue weighted by molar-refractivity contribution is 5.41. The molecule has 2 rings (SSSR count). The van der Waals surface area contributed by atoms with E-state index in [0.29, 0.717) is 0 Å². The molecule has 0 saturated heterocycles. The van der Waals surface area contributed by atoms with Gasteiger partial charge in [-0.2, -0.15) is 0 Å². The largest absolute Gasteiger partial charge is 0.384 e. The third-order valence-corrected chi connectivity index (χ3v) is 3.85. The van der Waals surface area contributed by atoms with Gasteiger partial charge >= 0.3 is 0 Å². The van der Waals surface area contributed by atoms with Gasteiger partial charge in [0.2, 0.25) is 0 Å². The number of aryl methyl sites for hydroxylation is 3. The van der Waals surface area contributed by atoms with Crippen LogP contribution in [0, 0.1) is 20.8 Å². The monoisotopic (exact) mass is 269 g/mol. The minimum absolute atomic E-state index is 0.557. The summed E-state index contributed by atoms with van der Waals surface area (Å²) in [6.45, 7) is 7.09. The first-order chi connectivity index (χ1) is 9.52. The Kier molecular flexibility index (Phi) is 4.58. The van der Waals surface area contributed by atoms with Crippen LogP contribution < -0.4 is 5.32 Å². The van der Waals surface area contributed by atoms with Gasteiger partial charge in [-0.25, -0.2) is 0 Å². The average molecular weight is 269 g/mol. The molecule has 2 heteroatoms. The van der Waals surface area contributed by atoms with Crippen molar-refractivity contribution in [1.29, 1.82) is 0 Å². The summed E-state index contributed by atoms with van der Waals surface area (Å²) in [5, 5.41) is 13.7. The molecule has 0 radical (unpaired) electrons. The van der Waals surface area contributed by atoms with Crippen LogP contribution >= 0.6 is 0 Å². The summed E-state index contributed by atoms with van der Waals surface area (Å²) in [6.07, 6.45) is -0.557. The Bertz CT molecular complexity index is 587. The van der Waals surface area contributed by atoms with E-state index in [-0.39, 0.29) is 0 Å². The van der Waals surface area contributed by atoms with E-state index in [1.54, 1.807) is 0 Å². The molecule has 0 heterocycles. The zero-order chi connectivity index (χ0) is 14.7. The lowest BCUT2D eigenvalue weighted by molar-refractivity contribution is 0.219. The molecule has 0 bridgehead atoms. The smallest absolute Gasteiger partial charge is 0.104 e. The van der Waals surface area contributed by atoms with E-state index in [9.17, 15) is 5.11 Å². The predicted molar refractivity (Wildman–Crippen MR) is 83.9 cm³/mol. The predicted octanol–water partition coefficient (Wildman–Crippen LogP) is 3.41. The number of hydrogen-bond acceptors (Lipinski definition) is 2. The molecule has 0 amide bonds. The van der Waals surface area contributed by atoms with Crippen LogP contribution in [-0.2, 0) is 6.54 Å². The highest BCUT2D eigenvalue weighted by Crippen LogP contribution is 2.27. The molecule has 0 aromatic heterocycles. The number of aliphatic hydroxyl groups excluding tert-OH is 1. The zero-order valence-electron chi connectivity index (χ0n) is 12.7. The Balaban J connectivity index is 2.31. The molecule has 1 unspecified atom stereocenters. The fraction of sp³-hybridized carbons (Fsp3) is 0.333. The van der Waals surface area contributed by atoms with Crippen molar-refractivity contribution in [1.82, 2.24) is 5.32 Å². The van der Waals surface area contributed by atoms with E-state index in [2.05, 4.69) is 50.4 Å². The normalized spacial score (nSPS) is 12.4. The third kappa shape index (κ3) is 3.09. The van der Waals surface area contributed by atoms with Gasteiger partial charge in [0.15, 0.2) is 0 Å².